The molecular weight excluding hydrogens is 140 g/mol. The van der Waals surface area contributed by atoms with E-state index in [1.165, 1.54) is 0 Å². The lowest BCUT2D eigenvalue weighted by Gasteiger charge is -2.08. The third-order valence-corrected chi connectivity index (χ3v) is 1.98. The van der Waals surface area contributed by atoms with E-state index in [0.717, 1.165) is 12.8 Å². The van der Waals surface area contributed by atoms with Gasteiger partial charge in [0.1, 0.15) is 0 Å². The summed E-state index contributed by atoms with van der Waals surface area (Å²) in [7, 11) is 0. The van der Waals surface area contributed by atoms with Crippen molar-refractivity contribution in [1.29, 1.82) is 0 Å². The fraction of sp³-hybridized carbons (Fsp3) is 0.778. The van der Waals surface area contributed by atoms with Crippen molar-refractivity contribution in [2.24, 2.45) is 5.92 Å². The molecule has 0 bridgehead atoms. The Hall–Kier alpha value is -0.340. The van der Waals surface area contributed by atoms with Gasteiger partial charge in [-0.1, -0.05) is 19.9 Å². The molecule has 0 N–H and O–H groups in total. The molecule has 1 heterocycles. The van der Waals surface area contributed by atoms with Gasteiger partial charge in [0.2, 0.25) is 0 Å². The lowest BCUT2D eigenvalue weighted by atomic mass is 10.0. The van der Waals surface area contributed by atoms with Gasteiger partial charge in [-0.3, -0.25) is 0 Å². The predicted molar refractivity (Wildman–Crippen MR) is 44.0 cm³/mol. The first-order valence-electron chi connectivity index (χ1n) is 4.17. The molecule has 0 radical (unpaired) electrons. The quantitative estimate of drug-likeness (QED) is 0.461. The summed E-state index contributed by atoms with van der Waals surface area (Å²) < 4.78 is 0. The molecule has 2 unspecified atom stereocenters. The van der Waals surface area contributed by atoms with Crippen LogP contribution >= 0.6 is 0 Å². The Morgan fingerprint density at radius 3 is 2.73 bits per heavy atom. The Bertz CT molecular complexity index is 132. The molecule has 0 saturated carbocycles. The van der Waals surface area contributed by atoms with Gasteiger partial charge < -0.3 is 0 Å². The summed E-state index contributed by atoms with van der Waals surface area (Å²) in [5.74, 6) is 0.546. The van der Waals surface area contributed by atoms with Gasteiger partial charge in [0.15, 0.2) is 0 Å². The molecule has 1 aliphatic heterocycles. The second-order valence-electron chi connectivity index (χ2n) is 3.36. The van der Waals surface area contributed by atoms with E-state index in [4.69, 9.17) is 9.78 Å². The highest BCUT2D eigenvalue weighted by Gasteiger charge is 2.28. The highest BCUT2D eigenvalue weighted by atomic mass is 17.2. The molecule has 11 heavy (non-hydrogen) atoms. The lowest BCUT2D eigenvalue weighted by molar-refractivity contribution is -0.301. The summed E-state index contributed by atoms with van der Waals surface area (Å²) in [6.45, 7) is 7.94. The van der Waals surface area contributed by atoms with Crippen LogP contribution < -0.4 is 0 Å². The lowest BCUT2D eigenvalue weighted by Crippen LogP contribution is -2.13. The fourth-order valence-electron chi connectivity index (χ4n) is 1.19. The first-order valence-corrected chi connectivity index (χ1v) is 4.17. The zero-order valence-corrected chi connectivity index (χ0v) is 7.25. The van der Waals surface area contributed by atoms with E-state index in [0.29, 0.717) is 5.92 Å². The number of rotatable bonds is 3. The molecule has 64 valence electrons. The molecule has 2 heteroatoms. The van der Waals surface area contributed by atoms with Crippen LogP contribution in [0.3, 0.4) is 0 Å². The molecule has 0 spiro atoms. The number of hydrogen-bond donors (Lipinski definition) is 0. The molecule has 1 aliphatic rings. The molecule has 1 saturated heterocycles. The first kappa shape index (κ1) is 8.75. The Balaban J connectivity index is 2.28. The van der Waals surface area contributed by atoms with Crippen molar-refractivity contribution in [1.82, 2.24) is 0 Å². The third kappa shape index (κ3) is 2.31. The van der Waals surface area contributed by atoms with Crippen LogP contribution in [0.4, 0.5) is 0 Å². The van der Waals surface area contributed by atoms with Gasteiger partial charge >= 0.3 is 0 Å². The van der Waals surface area contributed by atoms with E-state index in [9.17, 15) is 0 Å². The summed E-state index contributed by atoms with van der Waals surface area (Å²) in [6, 6.07) is 0. The Morgan fingerprint density at radius 2 is 2.27 bits per heavy atom. The molecule has 2 nitrogen and oxygen atoms in total. The van der Waals surface area contributed by atoms with Crippen LogP contribution in [0.25, 0.3) is 0 Å². The summed E-state index contributed by atoms with van der Waals surface area (Å²) >= 11 is 0. The van der Waals surface area contributed by atoms with Gasteiger partial charge in [-0.15, -0.1) is 6.58 Å². The van der Waals surface area contributed by atoms with E-state index in [-0.39, 0.29) is 12.2 Å². The van der Waals surface area contributed by atoms with E-state index >= 15 is 0 Å². The van der Waals surface area contributed by atoms with Crippen molar-refractivity contribution in [3.63, 3.8) is 0 Å². The van der Waals surface area contributed by atoms with Crippen molar-refractivity contribution >= 4 is 0 Å². The SMILES string of the molecule is C=CCC1CC(C(C)C)OO1. The van der Waals surface area contributed by atoms with E-state index in [2.05, 4.69) is 20.4 Å². The van der Waals surface area contributed by atoms with Gasteiger partial charge in [-0.05, 0) is 12.3 Å². The van der Waals surface area contributed by atoms with Crippen LogP contribution in [0, 0.1) is 5.92 Å². The highest BCUT2D eigenvalue weighted by molar-refractivity contribution is 4.78. The molecule has 0 amide bonds. The molecule has 2 atom stereocenters. The van der Waals surface area contributed by atoms with Gasteiger partial charge in [-0.2, -0.15) is 0 Å². The van der Waals surface area contributed by atoms with Crippen LogP contribution in [0.2, 0.25) is 0 Å². The van der Waals surface area contributed by atoms with Gasteiger partial charge in [0.25, 0.3) is 0 Å². The predicted octanol–water partition coefficient (Wildman–Crippen LogP) is 2.31. The van der Waals surface area contributed by atoms with Crippen LogP contribution in [-0.4, -0.2) is 12.2 Å². The molecule has 0 aromatic carbocycles. The van der Waals surface area contributed by atoms with Crippen molar-refractivity contribution in [2.75, 3.05) is 0 Å². The molecular formula is C9H16O2. The van der Waals surface area contributed by atoms with Crippen molar-refractivity contribution in [3.05, 3.63) is 12.7 Å². The van der Waals surface area contributed by atoms with Crippen molar-refractivity contribution in [3.8, 4) is 0 Å². The molecule has 1 fully saturated rings. The Morgan fingerprint density at radius 1 is 1.55 bits per heavy atom. The maximum Gasteiger partial charge on any atom is 0.0990 e. The standard InChI is InChI=1S/C9H16O2/c1-4-5-8-6-9(7(2)3)11-10-8/h4,7-9H,1,5-6H2,2-3H3. The second kappa shape index (κ2) is 3.88. The van der Waals surface area contributed by atoms with Crippen LogP contribution in [0.15, 0.2) is 12.7 Å². The van der Waals surface area contributed by atoms with Crippen molar-refractivity contribution in [2.45, 2.75) is 38.9 Å². The smallest absolute Gasteiger partial charge is 0.0990 e. The fourth-order valence-corrected chi connectivity index (χ4v) is 1.19. The topological polar surface area (TPSA) is 18.5 Å². The largest absolute Gasteiger partial charge is 0.233 e. The van der Waals surface area contributed by atoms with Gasteiger partial charge in [0, 0.05) is 6.42 Å². The van der Waals surface area contributed by atoms with Crippen LogP contribution in [0.5, 0.6) is 0 Å². The summed E-state index contributed by atoms with van der Waals surface area (Å²) in [5.41, 5.74) is 0. The highest BCUT2D eigenvalue weighted by Crippen LogP contribution is 2.24. The van der Waals surface area contributed by atoms with Crippen LogP contribution in [0.1, 0.15) is 26.7 Å². The summed E-state index contributed by atoms with van der Waals surface area (Å²) in [5, 5.41) is 0. The molecule has 1 rings (SSSR count). The minimum atomic E-state index is 0.236. The summed E-state index contributed by atoms with van der Waals surface area (Å²) in [6.07, 6.45) is 4.28. The maximum atomic E-state index is 5.13. The molecule has 0 aromatic heterocycles. The number of hydrogen-bond acceptors (Lipinski definition) is 2. The zero-order valence-electron chi connectivity index (χ0n) is 7.25. The van der Waals surface area contributed by atoms with E-state index in [1.807, 2.05) is 6.08 Å². The van der Waals surface area contributed by atoms with Gasteiger partial charge in [-0.25, -0.2) is 9.78 Å². The molecule has 0 aromatic rings. The van der Waals surface area contributed by atoms with Gasteiger partial charge in [0.05, 0.1) is 12.2 Å². The van der Waals surface area contributed by atoms with E-state index < -0.39 is 0 Å². The molecule has 0 aliphatic carbocycles. The monoisotopic (exact) mass is 156 g/mol. The minimum Gasteiger partial charge on any atom is -0.233 e. The average Bonchev–Trinajstić information content (AvgIpc) is 2.37. The third-order valence-electron chi connectivity index (χ3n) is 1.98. The normalized spacial score (nSPS) is 31.2. The van der Waals surface area contributed by atoms with Crippen LogP contribution in [-0.2, 0) is 9.78 Å². The van der Waals surface area contributed by atoms with Crippen molar-refractivity contribution < 1.29 is 9.78 Å². The zero-order chi connectivity index (χ0) is 8.27. The Kier molecular flexibility index (Phi) is 3.09. The Labute approximate surface area is 68.1 Å². The minimum absolute atomic E-state index is 0.236. The summed E-state index contributed by atoms with van der Waals surface area (Å²) in [4.78, 5) is 10.2. The second-order valence-corrected chi connectivity index (χ2v) is 3.36. The van der Waals surface area contributed by atoms with E-state index in [1.54, 1.807) is 0 Å². The average molecular weight is 156 g/mol. The maximum absolute atomic E-state index is 5.13. The first-order chi connectivity index (χ1) is 5.24.